The van der Waals surface area contributed by atoms with Crippen LogP contribution in [0, 0.1) is 25.2 Å². The molecular formula is C21H28N4O4. The number of hydrogen-bond acceptors (Lipinski definition) is 6. The minimum Gasteiger partial charge on any atom is -0.396 e. The number of nitrogens with zero attached hydrogens (tertiary/aromatic N) is 4. The summed E-state index contributed by atoms with van der Waals surface area (Å²) in [5.74, 6) is 1.13. The fourth-order valence-corrected chi connectivity index (χ4v) is 4.80. The van der Waals surface area contributed by atoms with Crippen LogP contribution < -0.4 is 5.56 Å². The van der Waals surface area contributed by atoms with E-state index in [0.717, 1.165) is 36.7 Å². The largest absolute Gasteiger partial charge is 0.396 e. The molecule has 0 aliphatic carbocycles. The predicted molar refractivity (Wildman–Crippen MR) is 106 cm³/mol. The van der Waals surface area contributed by atoms with E-state index in [-0.39, 0.29) is 29.4 Å². The van der Waals surface area contributed by atoms with E-state index in [9.17, 15) is 14.7 Å². The van der Waals surface area contributed by atoms with Crippen molar-refractivity contribution < 1.29 is 14.4 Å². The molecule has 2 aromatic heterocycles. The van der Waals surface area contributed by atoms with Crippen LogP contribution in [0.3, 0.4) is 0 Å². The number of likely N-dealkylation sites (tertiary alicyclic amines) is 2. The number of fused-ring (bicyclic) bond motifs is 1. The normalized spacial score (nSPS) is 24.2. The molecule has 4 heterocycles. The van der Waals surface area contributed by atoms with Crippen molar-refractivity contribution in [2.24, 2.45) is 11.3 Å². The molecule has 4 rings (SSSR count). The van der Waals surface area contributed by atoms with Gasteiger partial charge < -0.3 is 19.1 Å². The van der Waals surface area contributed by atoms with Gasteiger partial charge in [-0.2, -0.15) is 0 Å². The van der Waals surface area contributed by atoms with Crippen LogP contribution in [0.5, 0.6) is 0 Å². The summed E-state index contributed by atoms with van der Waals surface area (Å²) in [7, 11) is 0. The first-order chi connectivity index (χ1) is 13.9. The zero-order chi connectivity index (χ0) is 20.6. The van der Waals surface area contributed by atoms with Crippen LogP contribution in [-0.4, -0.2) is 63.3 Å². The Balaban J connectivity index is 1.37. The lowest BCUT2D eigenvalue weighted by Gasteiger charge is -2.27. The molecule has 29 heavy (non-hydrogen) atoms. The Bertz CT molecular complexity index is 933. The molecule has 2 aliphatic heterocycles. The smallest absolute Gasteiger partial charge is 0.250 e. The van der Waals surface area contributed by atoms with Crippen LogP contribution in [0.1, 0.15) is 23.4 Å². The summed E-state index contributed by atoms with van der Waals surface area (Å²) in [6.45, 7) is 7.88. The van der Waals surface area contributed by atoms with E-state index >= 15 is 0 Å². The van der Waals surface area contributed by atoms with Gasteiger partial charge in [-0.15, -0.1) is 0 Å². The third kappa shape index (κ3) is 3.74. The van der Waals surface area contributed by atoms with E-state index < -0.39 is 0 Å². The maximum atomic E-state index is 12.7. The van der Waals surface area contributed by atoms with E-state index in [1.165, 1.54) is 6.07 Å². The lowest BCUT2D eigenvalue weighted by molar-refractivity contribution is -0.131. The third-order valence-corrected chi connectivity index (χ3v) is 6.53. The molecule has 156 valence electrons. The summed E-state index contributed by atoms with van der Waals surface area (Å²) < 4.78 is 6.83. The highest BCUT2D eigenvalue weighted by atomic mass is 16.5. The molecule has 0 aromatic carbocycles. The number of aliphatic hydroxyl groups excluding tert-OH is 1. The van der Waals surface area contributed by atoms with E-state index in [1.54, 1.807) is 22.9 Å². The molecule has 2 aliphatic rings. The first-order valence-electron chi connectivity index (χ1n) is 10.1. The SMILES string of the molecule is Cc1noc(C)c1CN1C[C@H]2CN(C(=O)CCn3ccccc3=O)C[C@@]2(CO)C1. The number of amides is 1. The lowest BCUT2D eigenvalue weighted by Crippen LogP contribution is -2.39. The van der Waals surface area contributed by atoms with Crippen molar-refractivity contribution in [3.8, 4) is 0 Å². The number of hydrogen-bond donors (Lipinski definition) is 1. The highest BCUT2D eigenvalue weighted by Gasteiger charge is 2.53. The van der Waals surface area contributed by atoms with E-state index in [2.05, 4.69) is 10.1 Å². The van der Waals surface area contributed by atoms with Gasteiger partial charge in [0.05, 0.1) is 12.3 Å². The molecule has 2 saturated heterocycles. The Morgan fingerprint density at radius 2 is 2.14 bits per heavy atom. The molecule has 1 amide bonds. The molecule has 0 unspecified atom stereocenters. The van der Waals surface area contributed by atoms with Gasteiger partial charge in [-0.25, -0.2) is 0 Å². The van der Waals surface area contributed by atoms with Crippen molar-refractivity contribution in [3.05, 3.63) is 51.8 Å². The molecule has 8 nitrogen and oxygen atoms in total. The molecule has 8 heteroatoms. The van der Waals surface area contributed by atoms with Gasteiger partial charge in [-0.3, -0.25) is 14.5 Å². The highest BCUT2D eigenvalue weighted by molar-refractivity contribution is 5.76. The van der Waals surface area contributed by atoms with Gasteiger partial charge in [0.1, 0.15) is 5.76 Å². The Kier molecular flexibility index (Phi) is 5.31. The van der Waals surface area contributed by atoms with Crippen molar-refractivity contribution in [2.75, 3.05) is 32.8 Å². The minimum atomic E-state index is -0.280. The minimum absolute atomic E-state index is 0.0419. The van der Waals surface area contributed by atoms with Gasteiger partial charge >= 0.3 is 0 Å². The zero-order valence-electron chi connectivity index (χ0n) is 17.0. The molecule has 0 spiro atoms. The van der Waals surface area contributed by atoms with Crippen LogP contribution in [0.4, 0.5) is 0 Å². The Morgan fingerprint density at radius 3 is 2.79 bits per heavy atom. The molecule has 0 bridgehead atoms. The molecule has 2 aromatic rings. The number of aromatic nitrogens is 2. The first kappa shape index (κ1) is 19.8. The second kappa shape index (κ2) is 7.76. The predicted octanol–water partition coefficient (Wildman–Crippen LogP) is 0.796. The van der Waals surface area contributed by atoms with Crippen molar-refractivity contribution in [3.63, 3.8) is 0 Å². The van der Waals surface area contributed by atoms with Crippen LogP contribution in [0.2, 0.25) is 0 Å². The van der Waals surface area contributed by atoms with Gasteiger partial charge in [-0.05, 0) is 25.8 Å². The van der Waals surface area contributed by atoms with Crippen molar-refractivity contribution in [2.45, 2.75) is 33.4 Å². The van der Waals surface area contributed by atoms with Gasteiger partial charge in [0.15, 0.2) is 0 Å². The van der Waals surface area contributed by atoms with Gasteiger partial charge in [0.2, 0.25) is 5.91 Å². The number of rotatable bonds is 6. The summed E-state index contributed by atoms with van der Waals surface area (Å²) in [6.07, 6.45) is 2.00. The molecule has 2 fully saturated rings. The average Bonchev–Trinajstić information content (AvgIpc) is 3.33. The Morgan fingerprint density at radius 1 is 1.31 bits per heavy atom. The fraction of sp³-hybridized carbons (Fsp3) is 0.571. The van der Waals surface area contributed by atoms with Gasteiger partial charge in [0.25, 0.3) is 5.56 Å². The summed E-state index contributed by atoms with van der Waals surface area (Å²) in [6, 6.07) is 4.99. The van der Waals surface area contributed by atoms with Crippen molar-refractivity contribution in [1.29, 1.82) is 0 Å². The monoisotopic (exact) mass is 400 g/mol. The second-order valence-electron chi connectivity index (χ2n) is 8.45. The van der Waals surface area contributed by atoms with Crippen molar-refractivity contribution >= 4 is 5.91 Å². The third-order valence-electron chi connectivity index (χ3n) is 6.53. The number of pyridine rings is 1. The first-order valence-corrected chi connectivity index (χ1v) is 10.1. The standard InChI is InChI=1S/C21H28N4O4/c1-15-18(16(2)29-22-15)11-23-9-17-10-25(13-21(17,12-23)14-26)20(28)6-8-24-7-4-3-5-19(24)27/h3-5,7,17,26H,6,8-14H2,1-2H3/t17-,21+/m0/s1. The van der Waals surface area contributed by atoms with Crippen LogP contribution in [0.25, 0.3) is 0 Å². The van der Waals surface area contributed by atoms with Gasteiger partial charge in [-0.1, -0.05) is 11.2 Å². The molecule has 1 N–H and O–H groups in total. The zero-order valence-corrected chi connectivity index (χ0v) is 17.0. The van der Waals surface area contributed by atoms with E-state index in [1.807, 2.05) is 18.7 Å². The number of carbonyl (C=O) groups excluding carboxylic acids is 1. The van der Waals surface area contributed by atoms with Gasteiger partial charge in [0, 0.05) is 68.9 Å². The number of carbonyl (C=O) groups is 1. The summed E-state index contributed by atoms with van der Waals surface area (Å²) in [5.41, 5.74) is 1.64. The van der Waals surface area contributed by atoms with Crippen molar-refractivity contribution in [1.82, 2.24) is 19.5 Å². The molecule has 0 radical (unpaired) electrons. The molecule has 0 saturated carbocycles. The summed E-state index contributed by atoms with van der Waals surface area (Å²) in [4.78, 5) is 28.7. The van der Waals surface area contributed by atoms with Crippen LogP contribution >= 0.6 is 0 Å². The number of aliphatic hydroxyl groups is 1. The highest BCUT2D eigenvalue weighted by Crippen LogP contribution is 2.43. The van der Waals surface area contributed by atoms with E-state index in [4.69, 9.17) is 4.52 Å². The molecule has 2 atom stereocenters. The van der Waals surface area contributed by atoms with Crippen LogP contribution in [-0.2, 0) is 17.9 Å². The fourth-order valence-electron chi connectivity index (χ4n) is 4.80. The Labute approximate surface area is 169 Å². The van der Waals surface area contributed by atoms with Crippen LogP contribution in [0.15, 0.2) is 33.7 Å². The topological polar surface area (TPSA) is 91.8 Å². The lowest BCUT2D eigenvalue weighted by atomic mass is 9.82. The maximum absolute atomic E-state index is 12.7. The number of aryl methyl sites for hydroxylation is 3. The summed E-state index contributed by atoms with van der Waals surface area (Å²) >= 11 is 0. The van der Waals surface area contributed by atoms with E-state index in [0.29, 0.717) is 26.1 Å². The second-order valence-corrected chi connectivity index (χ2v) is 8.45. The summed E-state index contributed by atoms with van der Waals surface area (Å²) in [5, 5.41) is 14.2. The maximum Gasteiger partial charge on any atom is 0.250 e. The molecular weight excluding hydrogens is 372 g/mol. The Hall–Kier alpha value is -2.45. The average molecular weight is 400 g/mol. The quantitative estimate of drug-likeness (QED) is 0.771.